The Balaban J connectivity index is 1.17. The first-order chi connectivity index (χ1) is 18.7. The molecule has 206 valence electrons. The van der Waals surface area contributed by atoms with Crippen molar-refractivity contribution in [3.8, 4) is 0 Å². The molecular formula is C27H30Cl2N6O3S. The van der Waals surface area contributed by atoms with Crippen LogP contribution in [0.3, 0.4) is 0 Å². The van der Waals surface area contributed by atoms with Crippen molar-refractivity contribution >= 4 is 63.7 Å². The van der Waals surface area contributed by atoms with E-state index < -0.39 is 5.91 Å². The van der Waals surface area contributed by atoms with Gasteiger partial charge in [0.2, 0.25) is 0 Å². The lowest BCUT2D eigenvalue weighted by Crippen LogP contribution is -2.45. The number of allylic oxidation sites excluding steroid dienone is 1. The van der Waals surface area contributed by atoms with Crippen LogP contribution in [0.4, 0.5) is 5.69 Å². The molecule has 12 heteroatoms. The van der Waals surface area contributed by atoms with Crippen molar-refractivity contribution in [1.29, 1.82) is 0 Å². The number of hydrazine groups is 1. The van der Waals surface area contributed by atoms with Crippen LogP contribution >= 0.6 is 34.5 Å². The minimum absolute atomic E-state index is 0.0315. The maximum atomic E-state index is 13.1. The molecule has 2 N–H and O–H groups in total. The van der Waals surface area contributed by atoms with Crippen LogP contribution in [0, 0.1) is 0 Å². The lowest BCUT2D eigenvalue weighted by molar-refractivity contribution is -0.114. The third-order valence-corrected chi connectivity index (χ3v) is 9.16. The van der Waals surface area contributed by atoms with Crippen molar-refractivity contribution < 1.29 is 14.4 Å². The van der Waals surface area contributed by atoms with E-state index in [1.165, 1.54) is 30.9 Å². The summed E-state index contributed by atoms with van der Waals surface area (Å²) in [4.78, 5) is 44.3. The number of likely N-dealkylation sites (tertiary alicyclic amines) is 2. The molecule has 3 aliphatic heterocycles. The summed E-state index contributed by atoms with van der Waals surface area (Å²) in [6.45, 7) is 7.21. The molecule has 2 aromatic rings. The Kier molecular flexibility index (Phi) is 8.27. The highest BCUT2D eigenvalue weighted by Gasteiger charge is 2.32. The van der Waals surface area contributed by atoms with Crippen LogP contribution in [0.2, 0.25) is 10.0 Å². The van der Waals surface area contributed by atoms with E-state index in [-0.39, 0.29) is 11.8 Å². The number of hydrazone groups is 1. The van der Waals surface area contributed by atoms with Gasteiger partial charge in [-0.1, -0.05) is 23.2 Å². The van der Waals surface area contributed by atoms with Crippen molar-refractivity contribution in [3.63, 3.8) is 0 Å². The zero-order chi connectivity index (χ0) is 27.7. The van der Waals surface area contributed by atoms with E-state index in [0.717, 1.165) is 37.3 Å². The summed E-state index contributed by atoms with van der Waals surface area (Å²) < 4.78 is 0. The summed E-state index contributed by atoms with van der Waals surface area (Å²) in [5.74, 6) is -0.785. The third-order valence-electron chi connectivity index (χ3n) is 7.35. The molecule has 0 unspecified atom stereocenters. The van der Waals surface area contributed by atoms with E-state index in [1.54, 1.807) is 44.2 Å². The van der Waals surface area contributed by atoms with E-state index in [9.17, 15) is 14.4 Å². The molecule has 0 spiro atoms. The number of nitrogens with zero attached hydrogens (tertiary/aromatic N) is 4. The summed E-state index contributed by atoms with van der Waals surface area (Å²) in [5.41, 5.74) is 7.19. The van der Waals surface area contributed by atoms with Gasteiger partial charge in [-0.3, -0.25) is 19.8 Å². The van der Waals surface area contributed by atoms with E-state index in [0.29, 0.717) is 48.5 Å². The highest BCUT2D eigenvalue weighted by Crippen LogP contribution is 2.31. The maximum Gasteiger partial charge on any atom is 0.282 e. The van der Waals surface area contributed by atoms with Gasteiger partial charge in [0.25, 0.3) is 17.7 Å². The van der Waals surface area contributed by atoms with E-state index >= 15 is 0 Å². The van der Waals surface area contributed by atoms with Gasteiger partial charge in [0.15, 0.2) is 0 Å². The Labute approximate surface area is 241 Å². The Morgan fingerprint density at radius 2 is 1.67 bits per heavy atom. The molecule has 3 aliphatic rings. The van der Waals surface area contributed by atoms with E-state index in [2.05, 4.69) is 20.9 Å². The van der Waals surface area contributed by atoms with Gasteiger partial charge in [-0.2, -0.15) is 10.1 Å². The predicted molar refractivity (Wildman–Crippen MR) is 154 cm³/mol. The number of hydrogen-bond donors (Lipinski definition) is 2. The van der Waals surface area contributed by atoms with Crippen molar-refractivity contribution in [2.45, 2.75) is 45.6 Å². The first kappa shape index (κ1) is 27.6. The molecule has 5 rings (SSSR count). The van der Waals surface area contributed by atoms with Crippen molar-refractivity contribution in [2.75, 3.05) is 31.2 Å². The van der Waals surface area contributed by atoms with Gasteiger partial charge >= 0.3 is 0 Å². The molecule has 0 atom stereocenters. The Morgan fingerprint density at radius 3 is 2.36 bits per heavy atom. The fourth-order valence-corrected chi connectivity index (χ4v) is 6.44. The molecule has 0 radical (unpaired) electrons. The number of rotatable bonds is 6. The van der Waals surface area contributed by atoms with Gasteiger partial charge < -0.3 is 15.2 Å². The Morgan fingerprint density at radius 1 is 0.974 bits per heavy atom. The van der Waals surface area contributed by atoms with Crippen LogP contribution in [-0.4, -0.2) is 65.5 Å². The number of halogens is 2. The van der Waals surface area contributed by atoms with Crippen LogP contribution in [-0.2, 0) is 4.79 Å². The van der Waals surface area contributed by atoms with Crippen LogP contribution in [0.1, 0.15) is 58.9 Å². The highest BCUT2D eigenvalue weighted by atomic mass is 35.5. The van der Waals surface area contributed by atoms with Gasteiger partial charge in [0.05, 0.1) is 36.8 Å². The topological polar surface area (TPSA) is 97.3 Å². The summed E-state index contributed by atoms with van der Waals surface area (Å²) in [6.07, 6.45) is 4.52. The van der Waals surface area contributed by atoms with E-state index in [1.807, 2.05) is 4.90 Å². The quantitative estimate of drug-likeness (QED) is 0.377. The summed E-state index contributed by atoms with van der Waals surface area (Å²) in [6, 6.07) is 8.74. The number of piperidine rings is 1. The first-order valence-corrected chi connectivity index (χ1v) is 14.6. The van der Waals surface area contributed by atoms with Crippen LogP contribution in [0.5, 0.6) is 0 Å². The number of thiophene rings is 1. The highest BCUT2D eigenvalue weighted by molar-refractivity contribution is 7.15. The lowest BCUT2D eigenvalue weighted by Gasteiger charge is -2.36. The summed E-state index contributed by atoms with van der Waals surface area (Å²) in [5, 5.41) is 6.27. The standard InChI is InChI=1S/C27H30Cl2N6O3S/c1-16(24-17(2)32-35(27(24)38)19-5-6-20(28)21(29)15-19)30-31-25(36)22-7-8-23(39-22)26(37)34-13-9-18(10-14-34)33-11-3-4-12-33/h5-8,15,18,30H,3-4,9-14H2,1-2H3,(H,31,36)/b24-16-. The molecule has 2 saturated heterocycles. The molecule has 39 heavy (non-hydrogen) atoms. The number of anilines is 1. The van der Waals surface area contributed by atoms with Gasteiger partial charge in [-0.25, -0.2) is 0 Å². The number of benzene rings is 1. The van der Waals surface area contributed by atoms with E-state index in [4.69, 9.17) is 23.2 Å². The van der Waals surface area contributed by atoms with Gasteiger partial charge in [-0.15, -0.1) is 11.3 Å². The average Bonchev–Trinajstić information content (AvgIpc) is 3.69. The van der Waals surface area contributed by atoms with Crippen molar-refractivity contribution in [3.05, 3.63) is 61.4 Å². The zero-order valence-corrected chi connectivity index (χ0v) is 24.1. The molecular weight excluding hydrogens is 559 g/mol. The maximum absolute atomic E-state index is 13.1. The number of carbonyl (C=O) groups excluding carboxylic acids is 3. The second kappa shape index (κ2) is 11.7. The number of hydrogen-bond acceptors (Lipinski definition) is 7. The monoisotopic (exact) mass is 588 g/mol. The summed E-state index contributed by atoms with van der Waals surface area (Å²) in [7, 11) is 0. The van der Waals surface area contributed by atoms with Crippen LogP contribution in [0.15, 0.2) is 46.7 Å². The van der Waals surface area contributed by atoms with Gasteiger partial charge in [0, 0.05) is 24.8 Å². The Bertz CT molecular complexity index is 1360. The molecule has 4 heterocycles. The Hall–Kier alpha value is -2.92. The average molecular weight is 590 g/mol. The normalized spacial score (nSPS) is 19.9. The molecule has 0 bridgehead atoms. The molecule has 9 nitrogen and oxygen atoms in total. The predicted octanol–water partition coefficient (Wildman–Crippen LogP) is 4.69. The van der Waals surface area contributed by atoms with Crippen molar-refractivity contribution in [1.82, 2.24) is 20.7 Å². The number of amides is 3. The third kappa shape index (κ3) is 5.84. The first-order valence-electron chi connectivity index (χ1n) is 13.0. The van der Waals surface area contributed by atoms with Crippen molar-refractivity contribution in [2.24, 2.45) is 5.10 Å². The van der Waals surface area contributed by atoms with Gasteiger partial charge in [0.1, 0.15) is 0 Å². The fourth-order valence-electron chi connectivity index (χ4n) is 5.28. The zero-order valence-electron chi connectivity index (χ0n) is 21.8. The number of carbonyl (C=O) groups is 3. The van der Waals surface area contributed by atoms with Crippen LogP contribution in [0.25, 0.3) is 0 Å². The van der Waals surface area contributed by atoms with Gasteiger partial charge in [-0.05, 0) is 83.0 Å². The fraction of sp³-hybridized carbons (Fsp3) is 0.407. The summed E-state index contributed by atoms with van der Waals surface area (Å²) >= 11 is 13.2. The SMILES string of the molecule is CC1=NN(c2ccc(Cl)c(Cl)c2)C(=O)/C1=C(/C)NNC(=O)c1ccc(C(=O)N2CCC(N3CCCC3)CC2)s1. The smallest absolute Gasteiger partial charge is 0.282 e. The minimum Gasteiger partial charge on any atom is -0.338 e. The lowest BCUT2D eigenvalue weighted by atomic mass is 10.0. The van der Waals surface area contributed by atoms with Crippen LogP contribution < -0.4 is 15.9 Å². The number of nitrogens with one attached hydrogen (secondary N) is 2. The molecule has 1 aromatic heterocycles. The second-order valence-corrected chi connectivity index (χ2v) is 11.8. The molecule has 0 saturated carbocycles. The minimum atomic E-state index is -0.395. The molecule has 3 amide bonds. The molecule has 0 aliphatic carbocycles. The second-order valence-electron chi connectivity index (χ2n) is 9.91. The molecule has 1 aromatic carbocycles. The molecule has 2 fully saturated rings. The largest absolute Gasteiger partial charge is 0.338 e.